The topological polar surface area (TPSA) is 82.3 Å². The van der Waals surface area contributed by atoms with Gasteiger partial charge in [-0.3, -0.25) is 14.4 Å². The minimum atomic E-state index is -0.199. The molecule has 2 N–H and O–H groups in total. The average molecular weight is 315 g/mol. The van der Waals surface area contributed by atoms with E-state index in [2.05, 4.69) is 16.9 Å². The van der Waals surface area contributed by atoms with Crippen LogP contribution in [0, 0.1) is 5.92 Å². The first-order valence-electron chi connectivity index (χ1n) is 8.01. The van der Waals surface area contributed by atoms with E-state index in [-0.39, 0.29) is 29.8 Å². The second-order valence-corrected chi connectivity index (χ2v) is 6.20. The highest BCUT2D eigenvalue weighted by Gasteiger charge is 2.34. The average Bonchev–Trinajstić information content (AvgIpc) is 2.51. The van der Waals surface area contributed by atoms with Crippen molar-refractivity contribution in [1.82, 2.24) is 15.2 Å². The van der Waals surface area contributed by atoms with Gasteiger partial charge in [-0.15, -0.1) is 0 Å². The molecule has 0 saturated carbocycles. The maximum absolute atomic E-state index is 12.1. The van der Waals surface area contributed by atoms with Gasteiger partial charge in [0.15, 0.2) is 0 Å². The number of aromatic nitrogens is 1. The van der Waals surface area contributed by atoms with Crippen molar-refractivity contribution in [3.05, 3.63) is 45.9 Å². The first-order chi connectivity index (χ1) is 11.1. The zero-order valence-electron chi connectivity index (χ0n) is 13.1. The number of nitrogens with one attached hydrogen (secondary N) is 2. The second kappa shape index (κ2) is 6.40. The fraction of sp³-hybridized carbons (Fsp3) is 0.471. The summed E-state index contributed by atoms with van der Waals surface area (Å²) in [5, 5.41) is 2.80. The molecule has 1 fully saturated rings. The molecule has 0 atom stereocenters. The van der Waals surface area contributed by atoms with E-state index in [4.69, 9.17) is 0 Å². The van der Waals surface area contributed by atoms with Crippen LogP contribution in [0.2, 0.25) is 0 Å². The molecule has 0 bridgehead atoms. The molecule has 23 heavy (non-hydrogen) atoms. The number of rotatable bonds is 4. The summed E-state index contributed by atoms with van der Waals surface area (Å²) in [5.74, 6) is -0.467. The summed E-state index contributed by atoms with van der Waals surface area (Å²) in [6.07, 6.45) is 5.41. The smallest absolute Gasteiger partial charge is 0.253 e. The molecule has 0 unspecified atom stereocenters. The van der Waals surface area contributed by atoms with E-state index in [9.17, 15) is 14.4 Å². The van der Waals surface area contributed by atoms with E-state index < -0.39 is 0 Å². The Hall–Kier alpha value is -2.37. The number of likely N-dealkylation sites (tertiary alicyclic amines) is 1. The van der Waals surface area contributed by atoms with Crippen molar-refractivity contribution < 1.29 is 9.59 Å². The van der Waals surface area contributed by atoms with Crippen LogP contribution in [0.5, 0.6) is 0 Å². The minimum Gasteiger partial charge on any atom is -0.351 e. The maximum Gasteiger partial charge on any atom is 0.253 e. The zero-order valence-corrected chi connectivity index (χ0v) is 13.1. The summed E-state index contributed by atoms with van der Waals surface area (Å²) in [6.45, 7) is 4.48. The summed E-state index contributed by atoms with van der Waals surface area (Å²) in [4.78, 5) is 40.0. The first-order valence-corrected chi connectivity index (χ1v) is 8.01. The molecule has 122 valence electrons. The summed E-state index contributed by atoms with van der Waals surface area (Å²) in [7, 11) is 0. The lowest BCUT2D eigenvalue weighted by Gasteiger charge is -2.37. The van der Waals surface area contributed by atoms with Gasteiger partial charge >= 0.3 is 0 Å². The molecule has 2 aliphatic rings. The van der Waals surface area contributed by atoms with Crippen LogP contribution in [0.15, 0.2) is 23.5 Å². The Morgan fingerprint density at radius 3 is 2.83 bits per heavy atom. The van der Waals surface area contributed by atoms with Crippen molar-refractivity contribution in [3.8, 4) is 0 Å². The number of aryl methyl sites for hydroxylation is 2. The Morgan fingerprint density at radius 1 is 1.35 bits per heavy atom. The lowest BCUT2D eigenvalue weighted by Crippen LogP contribution is -2.55. The van der Waals surface area contributed by atoms with Crippen LogP contribution < -0.4 is 10.9 Å². The van der Waals surface area contributed by atoms with Crippen LogP contribution in [-0.4, -0.2) is 34.8 Å². The quantitative estimate of drug-likeness (QED) is 0.795. The number of hydrogen-bond acceptors (Lipinski definition) is 3. The van der Waals surface area contributed by atoms with E-state index in [0.717, 1.165) is 31.4 Å². The Bertz CT molecular complexity index is 702. The summed E-state index contributed by atoms with van der Waals surface area (Å²) in [6, 6.07) is 1.92. The molecule has 1 aromatic rings. The van der Waals surface area contributed by atoms with Crippen molar-refractivity contribution in [1.29, 1.82) is 0 Å². The van der Waals surface area contributed by atoms with Gasteiger partial charge in [0.2, 0.25) is 11.8 Å². The molecule has 6 heteroatoms. The predicted molar refractivity (Wildman–Crippen MR) is 85.8 cm³/mol. The number of H-pyrrole nitrogens is 1. The number of carbonyl (C=O) groups is 2. The van der Waals surface area contributed by atoms with E-state index in [1.807, 2.05) is 6.07 Å². The van der Waals surface area contributed by atoms with Crippen LogP contribution in [0.25, 0.3) is 0 Å². The third-order valence-electron chi connectivity index (χ3n) is 4.61. The van der Waals surface area contributed by atoms with Crippen molar-refractivity contribution in [2.24, 2.45) is 5.92 Å². The number of carbonyl (C=O) groups excluding carboxylic acids is 2. The first kappa shape index (κ1) is 15.5. The van der Waals surface area contributed by atoms with Gasteiger partial charge in [-0.2, -0.15) is 0 Å². The normalized spacial score (nSPS) is 17.1. The number of aromatic amines is 1. The lowest BCUT2D eigenvalue weighted by atomic mass is 9.95. The Morgan fingerprint density at radius 2 is 2.09 bits per heavy atom. The molecule has 0 aromatic carbocycles. The van der Waals surface area contributed by atoms with Gasteiger partial charge in [-0.25, -0.2) is 0 Å². The SMILES string of the molecule is C=CC(=O)N1CC(C(=O)NCc2cc3c([nH]c2=O)CCCC3)C1. The van der Waals surface area contributed by atoms with Gasteiger partial charge < -0.3 is 15.2 Å². The maximum atomic E-state index is 12.1. The van der Waals surface area contributed by atoms with Crippen LogP contribution in [0.1, 0.15) is 29.7 Å². The van der Waals surface area contributed by atoms with Gasteiger partial charge in [-0.05, 0) is 43.4 Å². The highest BCUT2D eigenvalue weighted by molar-refractivity contribution is 5.90. The molecule has 1 aliphatic heterocycles. The van der Waals surface area contributed by atoms with E-state index in [1.54, 1.807) is 4.90 Å². The minimum absolute atomic E-state index is 0.116. The van der Waals surface area contributed by atoms with Crippen LogP contribution in [0.4, 0.5) is 0 Å². The molecule has 1 saturated heterocycles. The van der Waals surface area contributed by atoms with Crippen molar-refractivity contribution in [2.45, 2.75) is 32.2 Å². The van der Waals surface area contributed by atoms with Gasteiger partial charge in [0.1, 0.15) is 0 Å². The molecule has 1 aliphatic carbocycles. The van der Waals surface area contributed by atoms with Gasteiger partial charge in [-0.1, -0.05) is 6.58 Å². The third kappa shape index (κ3) is 3.21. The van der Waals surface area contributed by atoms with Crippen LogP contribution in [-0.2, 0) is 29.0 Å². The van der Waals surface area contributed by atoms with Gasteiger partial charge in [0.25, 0.3) is 5.56 Å². The largest absolute Gasteiger partial charge is 0.351 e. The molecule has 6 nitrogen and oxygen atoms in total. The van der Waals surface area contributed by atoms with Crippen molar-refractivity contribution in [2.75, 3.05) is 13.1 Å². The molecular weight excluding hydrogens is 294 g/mol. The van der Waals surface area contributed by atoms with E-state index in [1.165, 1.54) is 11.6 Å². The van der Waals surface area contributed by atoms with E-state index in [0.29, 0.717) is 18.7 Å². The molecule has 2 heterocycles. The van der Waals surface area contributed by atoms with Gasteiger partial charge in [0.05, 0.1) is 5.92 Å². The van der Waals surface area contributed by atoms with Crippen molar-refractivity contribution in [3.63, 3.8) is 0 Å². The molecule has 0 spiro atoms. The Labute approximate surface area is 134 Å². The molecular formula is C17H21N3O3. The molecule has 3 rings (SSSR count). The number of amides is 2. The predicted octanol–water partition coefficient (Wildman–Crippen LogP) is 0.514. The fourth-order valence-electron chi connectivity index (χ4n) is 3.14. The molecule has 1 aromatic heterocycles. The molecule has 2 amide bonds. The fourth-order valence-corrected chi connectivity index (χ4v) is 3.14. The van der Waals surface area contributed by atoms with Crippen molar-refractivity contribution >= 4 is 11.8 Å². The van der Waals surface area contributed by atoms with Gasteiger partial charge in [0, 0.05) is 30.9 Å². The Balaban J connectivity index is 1.57. The highest BCUT2D eigenvalue weighted by Crippen LogP contribution is 2.19. The zero-order chi connectivity index (χ0) is 16.4. The summed E-state index contributed by atoms with van der Waals surface area (Å²) < 4.78 is 0. The number of fused-ring (bicyclic) bond motifs is 1. The Kier molecular flexibility index (Phi) is 4.32. The lowest BCUT2D eigenvalue weighted by molar-refractivity contribution is -0.139. The summed E-state index contributed by atoms with van der Waals surface area (Å²) >= 11 is 0. The standard InChI is InChI=1S/C17H21N3O3/c1-2-15(21)20-9-13(10-20)16(22)18-8-12-7-11-5-3-4-6-14(11)19-17(12)23/h2,7,13H,1,3-6,8-10H2,(H,18,22)(H,19,23). The van der Waals surface area contributed by atoms with E-state index >= 15 is 0 Å². The highest BCUT2D eigenvalue weighted by atomic mass is 16.2. The number of hydrogen-bond donors (Lipinski definition) is 2. The molecule has 0 radical (unpaired) electrons. The number of pyridine rings is 1. The number of nitrogens with zero attached hydrogens (tertiary/aromatic N) is 1. The second-order valence-electron chi connectivity index (χ2n) is 6.20. The monoisotopic (exact) mass is 315 g/mol. The third-order valence-corrected chi connectivity index (χ3v) is 4.61. The van der Waals surface area contributed by atoms with Crippen LogP contribution in [0.3, 0.4) is 0 Å². The summed E-state index contributed by atoms with van der Waals surface area (Å²) in [5.41, 5.74) is 2.70. The van der Waals surface area contributed by atoms with Crippen LogP contribution >= 0.6 is 0 Å².